The van der Waals surface area contributed by atoms with Crippen LogP contribution in [0.25, 0.3) is 0 Å². The number of nitrogens with zero attached hydrogens (tertiary/aromatic N) is 2. The van der Waals surface area contributed by atoms with E-state index in [9.17, 15) is 0 Å². The van der Waals surface area contributed by atoms with E-state index in [4.69, 9.17) is 11.6 Å². The van der Waals surface area contributed by atoms with E-state index in [0.29, 0.717) is 5.15 Å². The largest absolute Gasteiger partial charge is 0.236 e. The van der Waals surface area contributed by atoms with E-state index in [0.717, 1.165) is 39.4 Å². The Hall–Kier alpha value is 0.450. The van der Waals surface area contributed by atoms with Crippen LogP contribution >= 0.6 is 46.0 Å². The number of aromatic nitrogens is 2. The summed E-state index contributed by atoms with van der Waals surface area (Å²) in [5.41, 5.74) is 1.09. The Morgan fingerprint density at radius 3 is 2.67 bits per heavy atom. The standard InChI is InChI=1S/C10H14ClIN2S/c1-3-5-7-9(12)10(11)14-8(13-7)6-15-4-2/h3-6H2,1-2H3. The Bertz CT molecular complexity index is 333. The molecular weight excluding hydrogens is 343 g/mol. The third kappa shape index (κ3) is 4.07. The highest BCUT2D eigenvalue weighted by Crippen LogP contribution is 2.21. The van der Waals surface area contributed by atoms with Gasteiger partial charge in [-0.3, -0.25) is 0 Å². The average Bonchev–Trinajstić information content (AvgIpc) is 2.22. The molecule has 1 heterocycles. The number of halogens is 2. The Labute approximate surface area is 114 Å². The molecule has 5 heteroatoms. The maximum atomic E-state index is 6.07. The quantitative estimate of drug-likeness (QED) is 0.590. The first-order valence-corrected chi connectivity index (χ1v) is 7.58. The first kappa shape index (κ1) is 13.5. The average molecular weight is 357 g/mol. The zero-order chi connectivity index (χ0) is 11.3. The monoisotopic (exact) mass is 356 g/mol. The van der Waals surface area contributed by atoms with Crippen molar-refractivity contribution >= 4 is 46.0 Å². The Morgan fingerprint density at radius 1 is 1.33 bits per heavy atom. The zero-order valence-electron chi connectivity index (χ0n) is 8.89. The van der Waals surface area contributed by atoms with Crippen molar-refractivity contribution in [2.24, 2.45) is 0 Å². The van der Waals surface area contributed by atoms with Crippen molar-refractivity contribution in [3.8, 4) is 0 Å². The van der Waals surface area contributed by atoms with Crippen molar-refractivity contribution in [3.63, 3.8) is 0 Å². The lowest BCUT2D eigenvalue weighted by molar-refractivity contribution is 0.845. The molecule has 0 amide bonds. The van der Waals surface area contributed by atoms with Crippen LogP contribution in [-0.2, 0) is 12.2 Å². The highest BCUT2D eigenvalue weighted by molar-refractivity contribution is 14.1. The van der Waals surface area contributed by atoms with Crippen molar-refractivity contribution in [1.82, 2.24) is 9.97 Å². The van der Waals surface area contributed by atoms with Crippen LogP contribution in [0.3, 0.4) is 0 Å². The van der Waals surface area contributed by atoms with Gasteiger partial charge in [0, 0.05) is 0 Å². The van der Waals surface area contributed by atoms with Crippen LogP contribution in [-0.4, -0.2) is 15.7 Å². The van der Waals surface area contributed by atoms with Gasteiger partial charge in [-0.25, -0.2) is 9.97 Å². The summed E-state index contributed by atoms with van der Waals surface area (Å²) in [6.07, 6.45) is 2.06. The van der Waals surface area contributed by atoms with Crippen molar-refractivity contribution in [2.45, 2.75) is 32.4 Å². The summed E-state index contributed by atoms with van der Waals surface area (Å²) in [6.45, 7) is 4.28. The van der Waals surface area contributed by atoms with Crippen molar-refractivity contribution in [1.29, 1.82) is 0 Å². The first-order valence-electron chi connectivity index (χ1n) is 4.97. The molecular formula is C10H14ClIN2S. The van der Waals surface area contributed by atoms with Crippen LogP contribution in [0, 0.1) is 3.57 Å². The van der Waals surface area contributed by atoms with E-state index < -0.39 is 0 Å². The minimum atomic E-state index is 0.598. The highest BCUT2D eigenvalue weighted by atomic mass is 127. The second-order valence-electron chi connectivity index (χ2n) is 3.08. The van der Waals surface area contributed by atoms with E-state index >= 15 is 0 Å². The van der Waals surface area contributed by atoms with E-state index in [2.05, 4.69) is 46.4 Å². The van der Waals surface area contributed by atoms with Gasteiger partial charge in [0.2, 0.25) is 0 Å². The lowest BCUT2D eigenvalue weighted by atomic mass is 10.2. The van der Waals surface area contributed by atoms with Crippen LogP contribution in [0.1, 0.15) is 31.8 Å². The molecule has 1 aromatic rings. The fourth-order valence-electron chi connectivity index (χ4n) is 1.17. The number of hydrogen-bond acceptors (Lipinski definition) is 3. The summed E-state index contributed by atoms with van der Waals surface area (Å²) < 4.78 is 1.00. The predicted octanol–water partition coefficient (Wildman–Crippen LogP) is 3.94. The molecule has 0 atom stereocenters. The van der Waals surface area contributed by atoms with Gasteiger partial charge in [-0.2, -0.15) is 11.8 Å². The molecule has 0 saturated heterocycles. The zero-order valence-corrected chi connectivity index (χ0v) is 12.6. The van der Waals surface area contributed by atoms with Gasteiger partial charge in [0.05, 0.1) is 15.0 Å². The SMILES string of the molecule is CCCc1nc(CSCC)nc(Cl)c1I. The van der Waals surface area contributed by atoms with Crippen molar-refractivity contribution in [2.75, 3.05) is 5.75 Å². The molecule has 0 fully saturated rings. The molecule has 1 aromatic heterocycles. The van der Waals surface area contributed by atoms with Gasteiger partial charge in [-0.1, -0.05) is 31.9 Å². The topological polar surface area (TPSA) is 25.8 Å². The Kier molecular flexibility index (Phi) is 6.23. The van der Waals surface area contributed by atoms with Gasteiger partial charge in [0.15, 0.2) is 0 Å². The van der Waals surface area contributed by atoms with E-state index in [1.807, 2.05) is 11.8 Å². The molecule has 0 unspecified atom stereocenters. The van der Waals surface area contributed by atoms with E-state index in [1.165, 1.54) is 0 Å². The van der Waals surface area contributed by atoms with Crippen LogP contribution in [0.4, 0.5) is 0 Å². The lowest BCUT2D eigenvalue weighted by Gasteiger charge is -2.06. The number of hydrogen-bond donors (Lipinski definition) is 0. The molecule has 0 aliphatic heterocycles. The minimum absolute atomic E-state index is 0.598. The molecule has 0 aliphatic rings. The van der Waals surface area contributed by atoms with Crippen LogP contribution in [0.2, 0.25) is 5.15 Å². The maximum absolute atomic E-state index is 6.07. The van der Waals surface area contributed by atoms with Gasteiger partial charge in [-0.15, -0.1) is 0 Å². The minimum Gasteiger partial charge on any atom is -0.236 e. The number of rotatable bonds is 5. The summed E-state index contributed by atoms with van der Waals surface area (Å²) in [5, 5.41) is 0.598. The summed E-state index contributed by atoms with van der Waals surface area (Å²) in [5.74, 6) is 2.79. The van der Waals surface area contributed by atoms with Crippen molar-refractivity contribution in [3.05, 3.63) is 20.2 Å². The van der Waals surface area contributed by atoms with E-state index in [-0.39, 0.29) is 0 Å². The third-order valence-electron chi connectivity index (χ3n) is 1.85. The molecule has 84 valence electrons. The summed E-state index contributed by atoms with van der Waals surface area (Å²) in [6, 6.07) is 0. The maximum Gasteiger partial charge on any atom is 0.146 e. The third-order valence-corrected chi connectivity index (χ3v) is 4.44. The molecule has 1 rings (SSSR count). The molecule has 0 aromatic carbocycles. The summed E-state index contributed by atoms with van der Waals surface area (Å²) in [7, 11) is 0. The Morgan fingerprint density at radius 2 is 2.07 bits per heavy atom. The normalized spacial score (nSPS) is 10.7. The molecule has 0 radical (unpaired) electrons. The van der Waals surface area contributed by atoms with Crippen LogP contribution in [0.5, 0.6) is 0 Å². The van der Waals surface area contributed by atoms with Gasteiger partial charge < -0.3 is 0 Å². The number of aryl methyl sites for hydroxylation is 1. The van der Waals surface area contributed by atoms with Crippen LogP contribution in [0.15, 0.2) is 0 Å². The van der Waals surface area contributed by atoms with Gasteiger partial charge in [0.1, 0.15) is 11.0 Å². The lowest BCUT2D eigenvalue weighted by Crippen LogP contribution is -2.02. The van der Waals surface area contributed by atoms with E-state index in [1.54, 1.807) is 0 Å². The second kappa shape index (κ2) is 6.91. The molecule has 15 heavy (non-hydrogen) atoms. The van der Waals surface area contributed by atoms with Gasteiger partial charge in [-0.05, 0) is 34.8 Å². The molecule has 0 N–H and O–H groups in total. The summed E-state index contributed by atoms with van der Waals surface area (Å²) >= 11 is 10.1. The highest BCUT2D eigenvalue weighted by Gasteiger charge is 2.09. The fraction of sp³-hybridized carbons (Fsp3) is 0.600. The first-order chi connectivity index (χ1) is 7.19. The van der Waals surface area contributed by atoms with Crippen LogP contribution < -0.4 is 0 Å². The van der Waals surface area contributed by atoms with Gasteiger partial charge >= 0.3 is 0 Å². The second-order valence-corrected chi connectivity index (χ2v) is 5.79. The summed E-state index contributed by atoms with van der Waals surface area (Å²) in [4.78, 5) is 8.82. The fourth-order valence-corrected chi connectivity index (χ4v) is 2.40. The van der Waals surface area contributed by atoms with Crippen molar-refractivity contribution < 1.29 is 0 Å². The number of thioether (sulfide) groups is 1. The molecule has 0 bridgehead atoms. The molecule has 2 nitrogen and oxygen atoms in total. The predicted molar refractivity (Wildman–Crippen MR) is 75.6 cm³/mol. The molecule has 0 spiro atoms. The molecule has 0 aliphatic carbocycles. The molecule has 0 saturated carbocycles. The van der Waals surface area contributed by atoms with Gasteiger partial charge in [0.25, 0.3) is 0 Å². The smallest absolute Gasteiger partial charge is 0.146 e. The Balaban J connectivity index is 2.90.